The molecule has 0 bridgehead atoms. The average Bonchev–Trinajstić information content (AvgIpc) is 2.47. The minimum atomic E-state index is -0.269. The van der Waals surface area contributed by atoms with Crippen molar-refractivity contribution < 1.29 is 19.1 Å². The summed E-state index contributed by atoms with van der Waals surface area (Å²) in [6, 6.07) is 3.24. The number of hydrogen-bond donors (Lipinski definition) is 1. The van der Waals surface area contributed by atoms with E-state index in [1.807, 2.05) is 0 Å². The van der Waals surface area contributed by atoms with E-state index < -0.39 is 0 Å². The summed E-state index contributed by atoms with van der Waals surface area (Å²) in [6.45, 7) is 1.12. The Labute approximate surface area is 112 Å². The van der Waals surface area contributed by atoms with Crippen molar-refractivity contribution in [3.8, 4) is 11.5 Å². The van der Waals surface area contributed by atoms with Crippen LogP contribution in [0.5, 0.6) is 11.5 Å². The summed E-state index contributed by atoms with van der Waals surface area (Å²) in [5.74, 6) is 0.667. The van der Waals surface area contributed by atoms with Crippen LogP contribution in [0.4, 0.5) is 5.69 Å². The summed E-state index contributed by atoms with van der Waals surface area (Å²) in [5.41, 5.74) is 6.57. The highest BCUT2D eigenvalue weighted by molar-refractivity contribution is 6.00. The van der Waals surface area contributed by atoms with Gasteiger partial charge in [0.25, 0.3) is 5.91 Å². The molecule has 19 heavy (non-hydrogen) atoms. The lowest BCUT2D eigenvalue weighted by Crippen LogP contribution is -2.36. The highest BCUT2D eigenvalue weighted by Crippen LogP contribution is 2.32. The minimum Gasteiger partial charge on any atom is -0.497 e. The van der Waals surface area contributed by atoms with Gasteiger partial charge >= 0.3 is 0 Å². The zero-order chi connectivity index (χ0) is 13.8. The molecule has 2 rings (SSSR count). The smallest absolute Gasteiger partial charge is 0.279 e. The first kappa shape index (κ1) is 13.5. The van der Waals surface area contributed by atoms with Crippen molar-refractivity contribution >= 4 is 11.6 Å². The van der Waals surface area contributed by atoms with Gasteiger partial charge in [-0.2, -0.15) is 0 Å². The van der Waals surface area contributed by atoms with Crippen LogP contribution in [-0.2, 0) is 4.84 Å². The van der Waals surface area contributed by atoms with Crippen LogP contribution in [0.3, 0.4) is 0 Å². The number of nitrogens with zero attached hydrogens (tertiary/aromatic N) is 1. The third-order valence-corrected chi connectivity index (χ3v) is 3.03. The van der Waals surface area contributed by atoms with Crippen molar-refractivity contribution in [3.63, 3.8) is 0 Å². The molecule has 0 atom stereocenters. The average molecular weight is 266 g/mol. The quantitative estimate of drug-likeness (QED) is 0.838. The van der Waals surface area contributed by atoms with Crippen molar-refractivity contribution in [2.45, 2.75) is 12.8 Å². The minimum absolute atomic E-state index is 0.269. The number of anilines is 1. The molecule has 1 fully saturated rings. The van der Waals surface area contributed by atoms with Gasteiger partial charge in [0.1, 0.15) is 11.5 Å². The molecule has 6 heteroatoms. The zero-order valence-electron chi connectivity index (χ0n) is 11.1. The number of nitrogens with two attached hydrogens (primary N) is 1. The highest BCUT2D eigenvalue weighted by atomic mass is 16.7. The molecule has 1 aromatic carbocycles. The Balaban J connectivity index is 2.34. The number of carbonyl (C=O) groups is 1. The molecule has 0 saturated carbocycles. The molecule has 104 valence electrons. The molecule has 0 aliphatic carbocycles. The van der Waals surface area contributed by atoms with Crippen LogP contribution in [0.15, 0.2) is 12.1 Å². The van der Waals surface area contributed by atoms with Crippen molar-refractivity contribution in [2.24, 2.45) is 0 Å². The van der Waals surface area contributed by atoms with E-state index in [4.69, 9.17) is 20.0 Å². The molecule has 1 aliphatic rings. The number of hydroxylamine groups is 2. The van der Waals surface area contributed by atoms with E-state index in [0.717, 1.165) is 12.8 Å². The number of rotatable bonds is 3. The Hall–Kier alpha value is -1.95. The van der Waals surface area contributed by atoms with Crippen LogP contribution in [0.1, 0.15) is 23.2 Å². The van der Waals surface area contributed by atoms with E-state index in [2.05, 4.69) is 0 Å². The fraction of sp³-hybridized carbons (Fsp3) is 0.462. The topological polar surface area (TPSA) is 74.0 Å². The Morgan fingerprint density at radius 2 is 2.11 bits per heavy atom. The summed E-state index contributed by atoms with van der Waals surface area (Å²) >= 11 is 0. The fourth-order valence-electron chi connectivity index (χ4n) is 1.96. The van der Waals surface area contributed by atoms with Crippen molar-refractivity contribution in [1.82, 2.24) is 5.06 Å². The number of nitrogen functional groups attached to an aromatic ring is 1. The second kappa shape index (κ2) is 5.79. The van der Waals surface area contributed by atoms with Gasteiger partial charge in [0.2, 0.25) is 0 Å². The van der Waals surface area contributed by atoms with E-state index in [1.54, 1.807) is 12.1 Å². The molecule has 0 aromatic heterocycles. The van der Waals surface area contributed by atoms with E-state index in [0.29, 0.717) is 35.9 Å². The lowest BCUT2D eigenvalue weighted by Gasteiger charge is -2.26. The van der Waals surface area contributed by atoms with Crippen LogP contribution < -0.4 is 15.2 Å². The molecule has 6 nitrogen and oxygen atoms in total. The first-order valence-corrected chi connectivity index (χ1v) is 6.13. The number of carbonyl (C=O) groups excluding carboxylic acids is 1. The Morgan fingerprint density at radius 1 is 1.32 bits per heavy atom. The predicted molar refractivity (Wildman–Crippen MR) is 70.2 cm³/mol. The number of benzene rings is 1. The molecule has 2 N–H and O–H groups in total. The molecule has 1 saturated heterocycles. The third kappa shape index (κ3) is 2.73. The summed E-state index contributed by atoms with van der Waals surface area (Å²) in [5, 5.41) is 1.34. The number of ether oxygens (including phenoxy) is 2. The third-order valence-electron chi connectivity index (χ3n) is 3.03. The summed E-state index contributed by atoms with van der Waals surface area (Å²) < 4.78 is 10.3. The summed E-state index contributed by atoms with van der Waals surface area (Å²) in [6.07, 6.45) is 1.88. The first-order chi connectivity index (χ1) is 9.17. The molecule has 0 spiro atoms. The maximum atomic E-state index is 12.4. The Kier molecular flexibility index (Phi) is 4.11. The van der Waals surface area contributed by atoms with Gasteiger partial charge in [-0.3, -0.25) is 9.63 Å². The monoisotopic (exact) mass is 266 g/mol. The summed E-state index contributed by atoms with van der Waals surface area (Å²) in [7, 11) is 3.02. The summed E-state index contributed by atoms with van der Waals surface area (Å²) in [4.78, 5) is 17.7. The number of hydrogen-bond acceptors (Lipinski definition) is 5. The maximum absolute atomic E-state index is 12.4. The van der Waals surface area contributed by atoms with Crippen molar-refractivity contribution in [1.29, 1.82) is 0 Å². The standard InChI is InChI=1S/C13H18N2O4/c1-17-9-7-10(12(14)11(8-9)18-2)13(16)15-5-3-4-6-19-15/h7-8H,3-6,14H2,1-2H3. The van der Waals surface area contributed by atoms with Gasteiger partial charge in [0, 0.05) is 12.6 Å². The van der Waals surface area contributed by atoms with Gasteiger partial charge < -0.3 is 15.2 Å². The van der Waals surface area contributed by atoms with Crippen LogP contribution in [-0.4, -0.2) is 38.3 Å². The van der Waals surface area contributed by atoms with E-state index >= 15 is 0 Å². The van der Waals surface area contributed by atoms with Gasteiger partial charge in [-0.05, 0) is 18.9 Å². The van der Waals surface area contributed by atoms with Crippen LogP contribution in [0.25, 0.3) is 0 Å². The first-order valence-electron chi connectivity index (χ1n) is 6.13. The van der Waals surface area contributed by atoms with Crippen LogP contribution in [0.2, 0.25) is 0 Å². The van der Waals surface area contributed by atoms with Crippen LogP contribution >= 0.6 is 0 Å². The van der Waals surface area contributed by atoms with E-state index in [1.165, 1.54) is 19.3 Å². The normalized spacial score (nSPS) is 15.2. The Morgan fingerprint density at radius 3 is 2.68 bits per heavy atom. The molecular weight excluding hydrogens is 248 g/mol. The largest absolute Gasteiger partial charge is 0.497 e. The van der Waals surface area contributed by atoms with Gasteiger partial charge in [-0.25, -0.2) is 5.06 Å². The molecule has 1 amide bonds. The van der Waals surface area contributed by atoms with Crippen LogP contribution in [0, 0.1) is 0 Å². The van der Waals surface area contributed by atoms with Gasteiger partial charge in [0.05, 0.1) is 32.1 Å². The number of amides is 1. The lowest BCUT2D eigenvalue weighted by molar-refractivity contribution is -0.144. The van der Waals surface area contributed by atoms with Crippen molar-refractivity contribution in [2.75, 3.05) is 33.1 Å². The van der Waals surface area contributed by atoms with E-state index in [-0.39, 0.29) is 5.91 Å². The lowest BCUT2D eigenvalue weighted by atomic mass is 10.1. The molecule has 1 aromatic rings. The number of methoxy groups -OCH3 is 2. The highest BCUT2D eigenvalue weighted by Gasteiger charge is 2.23. The molecule has 0 unspecified atom stereocenters. The van der Waals surface area contributed by atoms with E-state index in [9.17, 15) is 4.79 Å². The zero-order valence-corrected chi connectivity index (χ0v) is 11.1. The van der Waals surface area contributed by atoms with Crippen molar-refractivity contribution in [3.05, 3.63) is 17.7 Å². The molecule has 0 radical (unpaired) electrons. The maximum Gasteiger partial charge on any atom is 0.279 e. The molecular formula is C13H18N2O4. The van der Waals surface area contributed by atoms with Gasteiger partial charge in [0.15, 0.2) is 0 Å². The molecule has 1 heterocycles. The predicted octanol–water partition coefficient (Wildman–Crippen LogP) is 1.45. The fourth-order valence-corrected chi connectivity index (χ4v) is 1.96. The Bertz CT molecular complexity index is 470. The second-order valence-corrected chi connectivity index (χ2v) is 4.24. The SMILES string of the molecule is COc1cc(OC)c(N)c(C(=O)N2CCCCO2)c1. The second-order valence-electron chi connectivity index (χ2n) is 4.24. The van der Waals surface area contributed by atoms with Gasteiger partial charge in [-0.1, -0.05) is 0 Å². The molecule has 1 aliphatic heterocycles. The van der Waals surface area contributed by atoms with Gasteiger partial charge in [-0.15, -0.1) is 0 Å².